The summed E-state index contributed by atoms with van der Waals surface area (Å²) in [7, 11) is 3.53. The van der Waals surface area contributed by atoms with Crippen LogP contribution in [0, 0.1) is 0 Å². The Labute approximate surface area is 106 Å². The smallest absolute Gasteiger partial charge is 0.339 e. The van der Waals surface area contributed by atoms with Gasteiger partial charge in [0.25, 0.3) is 0 Å². The van der Waals surface area contributed by atoms with Crippen molar-refractivity contribution in [3.8, 4) is 0 Å². The van der Waals surface area contributed by atoms with E-state index < -0.39 is 0 Å². The Hall–Kier alpha value is -1.81. The van der Waals surface area contributed by atoms with E-state index in [1.165, 1.54) is 0 Å². The van der Waals surface area contributed by atoms with Gasteiger partial charge in [0.15, 0.2) is 0 Å². The second-order valence-corrected chi connectivity index (χ2v) is 4.34. The molecule has 4 heteroatoms. The number of rotatable bonds is 4. The third-order valence-electron chi connectivity index (χ3n) is 2.86. The van der Waals surface area contributed by atoms with Crippen molar-refractivity contribution in [2.24, 2.45) is 7.05 Å². The maximum atomic E-state index is 12.1. The van der Waals surface area contributed by atoms with E-state index in [0.29, 0.717) is 12.2 Å². The van der Waals surface area contributed by atoms with Gasteiger partial charge in [0.05, 0.1) is 12.2 Å². The van der Waals surface area contributed by atoms with Crippen LogP contribution in [0.4, 0.5) is 0 Å². The first-order chi connectivity index (χ1) is 8.63. The lowest BCUT2D eigenvalue weighted by atomic mass is 10.1. The first-order valence-corrected chi connectivity index (χ1v) is 5.87. The van der Waals surface area contributed by atoms with Gasteiger partial charge in [-0.3, -0.25) is 0 Å². The number of hydrogen-bond donors (Lipinski definition) is 0. The van der Waals surface area contributed by atoms with Gasteiger partial charge in [-0.1, -0.05) is 6.07 Å². The number of aromatic nitrogens is 1. The Morgan fingerprint density at radius 1 is 1.39 bits per heavy atom. The van der Waals surface area contributed by atoms with Gasteiger partial charge in [0, 0.05) is 31.3 Å². The standard InChI is InChI=1S/C14H17NO3/c1-10(9-17-3)18-14(16)12-5-4-6-13-11(12)7-8-15(13)2/h4-8,10H,9H2,1-3H3/t10-/m1/s1. The molecule has 0 spiro atoms. The molecule has 0 fully saturated rings. The van der Waals surface area contributed by atoms with Crippen LogP contribution in [0.1, 0.15) is 17.3 Å². The Morgan fingerprint density at radius 2 is 2.17 bits per heavy atom. The zero-order valence-corrected chi connectivity index (χ0v) is 10.8. The van der Waals surface area contributed by atoms with Crippen LogP contribution in [0.25, 0.3) is 10.9 Å². The van der Waals surface area contributed by atoms with Gasteiger partial charge in [0.1, 0.15) is 6.10 Å². The van der Waals surface area contributed by atoms with Crippen LogP contribution in [0.3, 0.4) is 0 Å². The normalized spacial score (nSPS) is 12.6. The predicted octanol–water partition coefficient (Wildman–Crippen LogP) is 2.37. The highest BCUT2D eigenvalue weighted by Crippen LogP contribution is 2.20. The molecule has 4 nitrogen and oxygen atoms in total. The number of carbonyl (C=O) groups excluding carboxylic acids is 1. The third kappa shape index (κ3) is 2.38. The van der Waals surface area contributed by atoms with E-state index in [2.05, 4.69) is 0 Å². The number of nitrogens with zero attached hydrogens (tertiary/aromatic N) is 1. The van der Waals surface area contributed by atoms with Crippen LogP contribution in [0.5, 0.6) is 0 Å². The molecule has 0 aliphatic carbocycles. The quantitative estimate of drug-likeness (QED) is 0.779. The van der Waals surface area contributed by atoms with Crippen LogP contribution in [0.15, 0.2) is 30.5 Å². The van der Waals surface area contributed by atoms with Crippen molar-refractivity contribution in [1.29, 1.82) is 0 Å². The number of benzene rings is 1. The molecule has 0 saturated carbocycles. The average molecular weight is 247 g/mol. The van der Waals surface area contributed by atoms with Gasteiger partial charge in [-0.25, -0.2) is 4.79 Å². The minimum Gasteiger partial charge on any atom is -0.457 e. The zero-order chi connectivity index (χ0) is 13.1. The van der Waals surface area contributed by atoms with Gasteiger partial charge in [-0.2, -0.15) is 0 Å². The predicted molar refractivity (Wildman–Crippen MR) is 69.7 cm³/mol. The number of fused-ring (bicyclic) bond motifs is 1. The Bertz CT molecular complexity index is 559. The number of methoxy groups -OCH3 is 1. The molecule has 0 bridgehead atoms. The highest BCUT2D eigenvalue weighted by atomic mass is 16.6. The monoisotopic (exact) mass is 247 g/mol. The molecule has 1 atom stereocenters. The van der Waals surface area contributed by atoms with Gasteiger partial charge in [-0.05, 0) is 25.1 Å². The highest BCUT2D eigenvalue weighted by Gasteiger charge is 2.15. The van der Waals surface area contributed by atoms with Crippen molar-refractivity contribution in [1.82, 2.24) is 4.57 Å². The van der Waals surface area contributed by atoms with E-state index in [1.807, 2.05) is 42.9 Å². The van der Waals surface area contributed by atoms with E-state index in [4.69, 9.17) is 9.47 Å². The Morgan fingerprint density at radius 3 is 2.89 bits per heavy atom. The lowest BCUT2D eigenvalue weighted by molar-refractivity contribution is 0.0122. The summed E-state index contributed by atoms with van der Waals surface area (Å²) < 4.78 is 12.2. The van der Waals surface area contributed by atoms with Crippen molar-refractivity contribution in [3.05, 3.63) is 36.0 Å². The Balaban J connectivity index is 2.28. The van der Waals surface area contributed by atoms with Crippen LogP contribution in [-0.4, -0.2) is 30.4 Å². The molecular weight excluding hydrogens is 230 g/mol. The minimum atomic E-state index is -0.309. The first-order valence-electron chi connectivity index (χ1n) is 5.87. The summed E-state index contributed by atoms with van der Waals surface area (Å²) in [5.41, 5.74) is 1.61. The lowest BCUT2D eigenvalue weighted by Crippen LogP contribution is -2.19. The summed E-state index contributed by atoms with van der Waals surface area (Å²) in [6, 6.07) is 7.54. The van der Waals surface area contributed by atoms with E-state index >= 15 is 0 Å². The fourth-order valence-corrected chi connectivity index (χ4v) is 2.00. The SMILES string of the molecule is COC[C@@H](C)OC(=O)c1cccc2c1ccn2C. The van der Waals surface area contributed by atoms with Gasteiger partial charge >= 0.3 is 5.97 Å². The maximum absolute atomic E-state index is 12.1. The third-order valence-corrected chi connectivity index (χ3v) is 2.86. The Kier molecular flexibility index (Phi) is 3.67. The average Bonchev–Trinajstić information content (AvgIpc) is 2.71. The minimum absolute atomic E-state index is 0.249. The topological polar surface area (TPSA) is 40.5 Å². The molecule has 0 aliphatic heterocycles. The summed E-state index contributed by atoms with van der Waals surface area (Å²) in [5.74, 6) is -0.309. The molecule has 0 N–H and O–H groups in total. The molecule has 1 heterocycles. The van der Waals surface area contributed by atoms with Crippen molar-refractivity contribution >= 4 is 16.9 Å². The largest absolute Gasteiger partial charge is 0.457 e. The summed E-state index contributed by atoms with van der Waals surface area (Å²) >= 11 is 0. The molecule has 1 aromatic carbocycles. The van der Waals surface area contributed by atoms with Crippen LogP contribution in [-0.2, 0) is 16.5 Å². The molecule has 2 rings (SSSR count). The summed E-state index contributed by atoms with van der Waals surface area (Å²) in [4.78, 5) is 12.1. The van der Waals surface area contributed by atoms with Gasteiger partial charge in [-0.15, -0.1) is 0 Å². The maximum Gasteiger partial charge on any atom is 0.339 e. The molecule has 18 heavy (non-hydrogen) atoms. The number of aryl methyl sites for hydroxylation is 1. The molecule has 0 aliphatic rings. The van der Waals surface area contributed by atoms with Crippen LogP contribution < -0.4 is 0 Å². The molecule has 2 aromatic rings. The second-order valence-electron chi connectivity index (χ2n) is 4.34. The summed E-state index contributed by atoms with van der Waals surface area (Å²) in [6.07, 6.45) is 1.68. The molecule has 0 saturated heterocycles. The highest BCUT2D eigenvalue weighted by molar-refractivity contribution is 6.03. The first kappa shape index (κ1) is 12.6. The van der Waals surface area contributed by atoms with E-state index in [-0.39, 0.29) is 12.1 Å². The number of hydrogen-bond acceptors (Lipinski definition) is 3. The number of esters is 1. The summed E-state index contributed by atoms with van der Waals surface area (Å²) in [5, 5.41) is 0.912. The fourth-order valence-electron chi connectivity index (χ4n) is 2.00. The number of carbonyl (C=O) groups is 1. The number of ether oxygens (including phenoxy) is 2. The van der Waals surface area contributed by atoms with Crippen molar-refractivity contribution in [3.63, 3.8) is 0 Å². The van der Waals surface area contributed by atoms with Gasteiger partial charge in [0.2, 0.25) is 0 Å². The zero-order valence-electron chi connectivity index (χ0n) is 10.8. The molecule has 96 valence electrons. The van der Waals surface area contributed by atoms with Crippen molar-refractivity contribution in [2.45, 2.75) is 13.0 Å². The molecular formula is C14H17NO3. The van der Waals surface area contributed by atoms with E-state index in [9.17, 15) is 4.79 Å². The second kappa shape index (κ2) is 5.23. The van der Waals surface area contributed by atoms with E-state index in [0.717, 1.165) is 10.9 Å². The summed E-state index contributed by atoms with van der Waals surface area (Å²) in [6.45, 7) is 2.21. The van der Waals surface area contributed by atoms with E-state index in [1.54, 1.807) is 13.2 Å². The van der Waals surface area contributed by atoms with Crippen LogP contribution in [0.2, 0.25) is 0 Å². The molecule has 0 radical (unpaired) electrons. The van der Waals surface area contributed by atoms with Crippen molar-refractivity contribution < 1.29 is 14.3 Å². The van der Waals surface area contributed by atoms with Crippen LogP contribution >= 0.6 is 0 Å². The molecule has 0 amide bonds. The fraction of sp³-hybridized carbons (Fsp3) is 0.357. The molecule has 1 aromatic heterocycles. The van der Waals surface area contributed by atoms with Gasteiger partial charge < -0.3 is 14.0 Å². The molecule has 0 unspecified atom stereocenters. The van der Waals surface area contributed by atoms with Crippen molar-refractivity contribution in [2.75, 3.05) is 13.7 Å². The lowest BCUT2D eigenvalue weighted by Gasteiger charge is -2.12.